The molecule has 0 aliphatic carbocycles. The molecule has 0 saturated carbocycles. The summed E-state index contributed by atoms with van der Waals surface area (Å²) in [6.07, 6.45) is 4.54. The zero-order valence-corrected chi connectivity index (χ0v) is 12.9. The molecule has 0 amide bonds. The first-order chi connectivity index (χ1) is 9.15. The summed E-state index contributed by atoms with van der Waals surface area (Å²) in [5.41, 5.74) is 0.983. The van der Waals surface area contributed by atoms with E-state index < -0.39 is 0 Å². The Hall–Kier alpha value is -0.980. The highest BCUT2D eigenvalue weighted by molar-refractivity contribution is 7.05. The molecular weight excluding hydrogens is 282 g/mol. The highest BCUT2D eigenvalue weighted by Gasteiger charge is 2.24. The van der Waals surface area contributed by atoms with Crippen LogP contribution in [0.5, 0.6) is 0 Å². The monoisotopic (exact) mass is 299 g/mol. The second-order valence-electron chi connectivity index (χ2n) is 4.62. The number of hydrogen-bond donors (Lipinski definition) is 1. The molecule has 0 bridgehead atoms. The van der Waals surface area contributed by atoms with Gasteiger partial charge in [0.2, 0.25) is 0 Å². The van der Waals surface area contributed by atoms with Crippen LogP contribution in [0.1, 0.15) is 49.8 Å². The normalized spacial score (nSPS) is 13.1. The maximum atomic E-state index is 6.32. The number of rotatable bonds is 6. The maximum absolute atomic E-state index is 6.32. The molecule has 0 aliphatic heterocycles. The van der Waals surface area contributed by atoms with Gasteiger partial charge in [0.1, 0.15) is 0 Å². The van der Waals surface area contributed by atoms with Gasteiger partial charge in [-0.1, -0.05) is 23.0 Å². The minimum absolute atomic E-state index is 0.00245. The standard InChI is InChI=1S/C12H18ClN5S/c1-4-5-14-11(10-7-15-17-19-10)12-9(13)6-16-18(12)8(2)3/h6-8,11,14H,4-5H2,1-3H3. The lowest BCUT2D eigenvalue weighted by molar-refractivity contribution is 0.474. The SMILES string of the molecule is CCCNC(c1cnns1)c1c(Cl)cnn1C(C)C. The van der Waals surface area contributed by atoms with Crippen LogP contribution in [0.4, 0.5) is 0 Å². The van der Waals surface area contributed by atoms with Gasteiger partial charge >= 0.3 is 0 Å². The molecule has 0 aliphatic rings. The summed E-state index contributed by atoms with van der Waals surface area (Å²) < 4.78 is 5.90. The van der Waals surface area contributed by atoms with E-state index in [1.165, 1.54) is 11.5 Å². The fourth-order valence-electron chi connectivity index (χ4n) is 1.96. The van der Waals surface area contributed by atoms with Crippen molar-refractivity contribution in [1.29, 1.82) is 0 Å². The van der Waals surface area contributed by atoms with Gasteiger partial charge in [-0.3, -0.25) is 4.68 Å². The van der Waals surface area contributed by atoms with E-state index in [1.807, 2.05) is 4.68 Å². The third-order valence-corrected chi connectivity index (χ3v) is 3.83. The Balaban J connectivity index is 2.40. The van der Waals surface area contributed by atoms with Crippen molar-refractivity contribution in [2.45, 2.75) is 39.3 Å². The fraction of sp³-hybridized carbons (Fsp3) is 0.583. The highest BCUT2D eigenvalue weighted by atomic mass is 35.5. The van der Waals surface area contributed by atoms with Gasteiger partial charge < -0.3 is 5.32 Å². The van der Waals surface area contributed by atoms with Gasteiger partial charge in [-0.05, 0) is 38.3 Å². The van der Waals surface area contributed by atoms with E-state index in [9.17, 15) is 0 Å². The van der Waals surface area contributed by atoms with Crippen LogP contribution < -0.4 is 5.32 Å². The lowest BCUT2D eigenvalue weighted by Crippen LogP contribution is -2.26. The van der Waals surface area contributed by atoms with Crippen LogP contribution in [0, 0.1) is 0 Å². The molecule has 2 rings (SSSR count). The third kappa shape index (κ3) is 3.13. The molecule has 2 heterocycles. The van der Waals surface area contributed by atoms with Crippen LogP contribution in [0.25, 0.3) is 0 Å². The molecule has 0 aromatic carbocycles. The first-order valence-electron chi connectivity index (χ1n) is 6.38. The molecule has 104 valence electrons. The molecule has 19 heavy (non-hydrogen) atoms. The summed E-state index contributed by atoms with van der Waals surface area (Å²) in [5, 5.41) is 12.5. The number of nitrogens with one attached hydrogen (secondary N) is 1. The van der Waals surface area contributed by atoms with Crippen molar-refractivity contribution in [1.82, 2.24) is 24.7 Å². The Morgan fingerprint density at radius 3 is 2.79 bits per heavy atom. The van der Waals surface area contributed by atoms with E-state index in [-0.39, 0.29) is 12.1 Å². The molecule has 7 heteroatoms. The lowest BCUT2D eigenvalue weighted by atomic mass is 10.1. The summed E-state index contributed by atoms with van der Waals surface area (Å²) >= 11 is 7.71. The maximum Gasteiger partial charge on any atom is 0.0889 e. The Bertz CT molecular complexity index is 508. The van der Waals surface area contributed by atoms with Crippen molar-refractivity contribution in [3.05, 3.63) is 28.0 Å². The highest BCUT2D eigenvalue weighted by Crippen LogP contribution is 2.31. The topological polar surface area (TPSA) is 55.6 Å². The zero-order valence-electron chi connectivity index (χ0n) is 11.3. The molecule has 0 radical (unpaired) electrons. The summed E-state index contributed by atoms with van der Waals surface area (Å²) in [4.78, 5) is 1.05. The molecule has 2 aromatic heterocycles. The van der Waals surface area contributed by atoms with Gasteiger partial charge in [-0.2, -0.15) is 5.10 Å². The van der Waals surface area contributed by atoms with Gasteiger partial charge in [0.15, 0.2) is 0 Å². The van der Waals surface area contributed by atoms with Crippen molar-refractivity contribution < 1.29 is 0 Å². The van der Waals surface area contributed by atoms with Crippen molar-refractivity contribution >= 4 is 23.1 Å². The second-order valence-corrected chi connectivity index (χ2v) is 5.85. The van der Waals surface area contributed by atoms with Gasteiger partial charge in [-0.15, -0.1) is 5.10 Å². The van der Waals surface area contributed by atoms with Gasteiger partial charge in [0.25, 0.3) is 0 Å². The first kappa shape index (κ1) is 14.4. The van der Waals surface area contributed by atoms with E-state index in [4.69, 9.17) is 11.6 Å². The largest absolute Gasteiger partial charge is 0.304 e. The molecule has 5 nitrogen and oxygen atoms in total. The van der Waals surface area contributed by atoms with Crippen LogP contribution in [-0.2, 0) is 0 Å². The van der Waals surface area contributed by atoms with E-state index in [0.29, 0.717) is 5.02 Å². The van der Waals surface area contributed by atoms with Gasteiger partial charge in [-0.25, -0.2) is 0 Å². The van der Waals surface area contributed by atoms with Crippen molar-refractivity contribution in [2.75, 3.05) is 6.54 Å². The summed E-state index contributed by atoms with van der Waals surface area (Å²) in [5.74, 6) is 0. The molecule has 1 unspecified atom stereocenters. The van der Waals surface area contributed by atoms with Crippen molar-refractivity contribution in [3.63, 3.8) is 0 Å². The predicted octanol–water partition coefficient (Wildman–Crippen LogP) is 3.06. The van der Waals surface area contributed by atoms with E-state index in [1.54, 1.807) is 12.4 Å². The van der Waals surface area contributed by atoms with Crippen LogP contribution >= 0.6 is 23.1 Å². The molecule has 1 N–H and O–H groups in total. The fourth-order valence-corrected chi connectivity index (χ4v) is 2.78. The Morgan fingerprint density at radius 1 is 1.42 bits per heavy atom. The number of halogens is 1. The van der Waals surface area contributed by atoms with E-state index in [2.05, 4.69) is 40.8 Å². The first-order valence-corrected chi connectivity index (χ1v) is 7.53. The van der Waals surface area contributed by atoms with Crippen molar-refractivity contribution in [2.24, 2.45) is 0 Å². The summed E-state index contributed by atoms with van der Waals surface area (Å²) in [6.45, 7) is 7.22. The molecule has 0 saturated heterocycles. The minimum Gasteiger partial charge on any atom is -0.304 e. The summed E-state index contributed by atoms with van der Waals surface area (Å²) in [7, 11) is 0. The quantitative estimate of drug-likeness (QED) is 0.890. The van der Waals surface area contributed by atoms with Crippen LogP contribution in [0.2, 0.25) is 5.02 Å². The molecule has 1 atom stereocenters. The van der Waals surface area contributed by atoms with Gasteiger partial charge in [0, 0.05) is 6.04 Å². The predicted molar refractivity (Wildman–Crippen MR) is 77.7 cm³/mol. The Kier molecular flexibility index (Phi) is 4.90. The Labute approximate surface area is 122 Å². The third-order valence-electron chi connectivity index (χ3n) is 2.81. The average Bonchev–Trinajstić information content (AvgIpc) is 3.01. The zero-order chi connectivity index (χ0) is 13.8. The number of nitrogens with zero attached hydrogens (tertiary/aromatic N) is 4. The molecule has 2 aromatic rings. The molecule has 0 spiro atoms. The molecular formula is C12H18ClN5S. The minimum atomic E-state index is -0.00245. The number of aromatic nitrogens is 4. The van der Waals surface area contributed by atoms with Crippen LogP contribution in [0.3, 0.4) is 0 Å². The van der Waals surface area contributed by atoms with E-state index in [0.717, 1.165) is 23.5 Å². The lowest BCUT2D eigenvalue weighted by Gasteiger charge is -2.20. The van der Waals surface area contributed by atoms with E-state index >= 15 is 0 Å². The van der Waals surface area contributed by atoms with Gasteiger partial charge in [0.05, 0.1) is 34.0 Å². The van der Waals surface area contributed by atoms with Crippen LogP contribution in [-0.4, -0.2) is 25.9 Å². The molecule has 0 fully saturated rings. The summed E-state index contributed by atoms with van der Waals surface area (Å²) in [6, 6.07) is 0.256. The average molecular weight is 300 g/mol. The van der Waals surface area contributed by atoms with Crippen LogP contribution in [0.15, 0.2) is 12.4 Å². The smallest absolute Gasteiger partial charge is 0.0889 e. The second kappa shape index (κ2) is 6.45. The number of hydrogen-bond acceptors (Lipinski definition) is 5. The Morgan fingerprint density at radius 2 is 2.21 bits per heavy atom. The van der Waals surface area contributed by atoms with Crippen molar-refractivity contribution in [3.8, 4) is 0 Å².